The number of ether oxygens (including phenoxy) is 5. The van der Waals surface area contributed by atoms with Gasteiger partial charge in [-0.3, -0.25) is 22.9 Å². The Morgan fingerprint density at radius 2 is 1.70 bits per heavy atom. The van der Waals surface area contributed by atoms with Gasteiger partial charge in [0.2, 0.25) is 5.12 Å². The lowest BCUT2D eigenvalue weighted by Gasteiger charge is -2.29. The van der Waals surface area contributed by atoms with Crippen molar-refractivity contribution in [1.82, 2.24) is 0 Å². The summed E-state index contributed by atoms with van der Waals surface area (Å²) in [5.41, 5.74) is -0.528. The summed E-state index contributed by atoms with van der Waals surface area (Å²) in [4.78, 5) is 39.0. The summed E-state index contributed by atoms with van der Waals surface area (Å²) < 4.78 is 78.4. The zero-order valence-electron chi connectivity index (χ0n) is 28.8. The summed E-state index contributed by atoms with van der Waals surface area (Å²) in [6.07, 6.45) is 2.63. The van der Waals surface area contributed by atoms with Gasteiger partial charge >= 0.3 is 18.6 Å². The van der Waals surface area contributed by atoms with Crippen molar-refractivity contribution < 1.29 is 60.3 Å². The average molecular weight is 821 g/mol. The van der Waals surface area contributed by atoms with Gasteiger partial charge in [-0.2, -0.15) is 13.5 Å². The molecular formula is C34H35Cl2F2N2O11S2-. The van der Waals surface area contributed by atoms with E-state index in [4.69, 9.17) is 42.1 Å². The summed E-state index contributed by atoms with van der Waals surface area (Å²) in [7, 11) is 1.27. The Hall–Kier alpha value is -3.90. The van der Waals surface area contributed by atoms with E-state index < -0.39 is 58.9 Å². The molecule has 1 heterocycles. The number of halogens is 4. The Balaban J connectivity index is 1.56. The van der Waals surface area contributed by atoms with Crippen LogP contribution in [-0.4, -0.2) is 64.0 Å². The molecule has 2 unspecified atom stereocenters. The van der Waals surface area contributed by atoms with E-state index >= 15 is 0 Å². The van der Waals surface area contributed by atoms with Crippen LogP contribution >= 0.6 is 35.0 Å². The molecule has 0 amide bonds. The number of nitrogens with zero attached hydrogens (tertiary/aromatic N) is 2. The minimum Gasteiger partial charge on any atom is -0.755 e. The zero-order chi connectivity index (χ0) is 39.0. The lowest BCUT2D eigenvalue weighted by atomic mass is 10.0. The van der Waals surface area contributed by atoms with Crippen LogP contribution in [0.15, 0.2) is 48.8 Å². The third-order valence-electron chi connectivity index (χ3n) is 7.33. The van der Waals surface area contributed by atoms with Crippen LogP contribution < -0.4 is 23.2 Å². The first-order valence-corrected chi connectivity index (χ1v) is 18.6. The molecule has 1 fully saturated rings. The summed E-state index contributed by atoms with van der Waals surface area (Å²) in [5.74, 6) is -2.21. The third-order valence-corrected chi connectivity index (χ3v) is 9.54. The fourth-order valence-corrected chi connectivity index (χ4v) is 6.51. The van der Waals surface area contributed by atoms with E-state index in [1.54, 1.807) is 20.8 Å². The van der Waals surface area contributed by atoms with E-state index in [0.717, 1.165) is 25.2 Å². The van der Waals surface area contributed by atoms with Crippen molar-refractivity contribution in [2.75, 3.05) is 30.3 Å². The minimum absolute atomic E-state index is 0.0158. The van der Waals surface area contributed by atoms with Crippen molar-refractivity contribution >= 4 is 69.0 Å². The molecule has 0 saturated heterocycles. The maximum Gasteiger partial charge on any atom is 0.387 e. The fraction of sp³-hybridized carbons (Fsp3) is 0.412. The molecule has 2 aromatic carbocycles. The quantitative estimate of drug-likeness (QED) is 0.0640. The second-order valence-corrected chi connectivity index (χ2v) is 15.3. The highest BCUT2D eigenvalue weighted by molar-refractivity contribution is 8.14. The molecular weight excluding hydrogens is 785 g/mol. The second-order valence-electron chi connectivity index (χ2n) is 12.6. The molecule has 53 heavy (non-hydrogen) atoms. The van der Waals surface area contributed by atoms with Crippen molar-refractivity contribution in [1.29, 1.82) is 0 Å². The molecule has 0 spiro atoms. The van der Waals surface area contributed by atoms with Gasteiger partial charge in [-0.25, -0.2) is 0 Å². The number of hydrogen-bond donors (Lipinski definition) is 0. The molecule has 1 aliphatic carbocycles. The SMILES string of the molecule is COc1ccc(C(=O)SCC(=O)OC(Cc2c(Cl)c[n+]([O-])cc2Cl)c2ccc(OC(F)F)c(OCC3CC3)c2)cc1N(CC(=O)OC(C)(C)C)S(=O)[O-]. The number of pyridine rings is 1. The Morgan fingerprint density at radius 3 is 2.28 bits per heavy atom. The number of methoxy groups -OCH3 is 1. The molecule has 3 aromatic rings. The highest BCUT2D eigenvalue weighted by atomic mass is 35.5. The van der Waals surface area contributed by atoms with Gasteiger partial charge in [0.25, 0.3) is 0 Å². The van der Waals surface area contributed by atoms with E-state index in [-0.39, 0.29) is 68.6 Å². The number of carbonyl (C=O) groups is 3. The van der Waals surface area contributed by atoms with E-state index in [0.29, 0.717) is 20.8 Å². The normalized spacial score (nSPS) is 13.9. The Labute approximate surface area is 320 Å². The summed E-state index contributed by atoms with van der Waals surface area (Å²) in [5, 5.41) is 11.1. The van der Waals surface area contributed by atoms with Gasteiger partial charge in [0.15, 0.2) is 23.9 Å². The standard InChI is InChI=1S/C34H36Cl2F2N2O11S2/c1-34(2,3)51-30(41)16-40(53(45)46)25-11-21(8-9-26(25)47-4)32(43)52-18-31(42)49-28(13-22-23(35)14-39(44)15-24(22)36)20-7-10-27(50-33(37)38)29(12-20)48-17-19-5-6-19/h7-12,14-15,19,28,33H,5-6,13,16-18H2,1-4H3,(H,45,46)/p-1. The van der Waals surface area contributed by atoms with Crippen LogP contribution in [0, 0.1) is 11.1 Å². The monoisotopic (exact) mass is 819 g/mol. The molecule has 0 bridgehead atoms. The van der Waals surface area contributed by atoms with Gasteiger partial charge in [0, 0.05) is 28.8 Å². The number of benzene rings is 2. The van der Waals surface area contributed by atoms with Gasteiger partial charge < -0.3 is 33.4 Å². The number of thioether (sulfide) groups is 1. The first-order valence-electron chi connectivity index (χ1n) is 15.9. The molecule has 13 nitrogen and oxygen atoms in total. The Bertz CT molecular complexity index is 1820. The maximum absolute atomic E-state index is 13.3. The summed E-state index contributed by atoms with van der Waals surface area (Å²) in [6.45, 7) is 1.26. The summed E-state index contributed by atoms with van der Waals surface area (Å²) in [6, 6.07) is 7.88. The number of hydrogen-bond acceptors (Lipinski definition) is 12. The minimum atomic E-state index is -3.13. The number of esters is 2. The first kappa shape index (κ1) is 41.9. The molecule has 288 valence electrons. The van der Waals surface area contributed by atoms with Gasteiger partial charge in [-0.15, -0.1) is 0 Å². The zero-order valence-corrected chi connectivity index (χ0v) is 32.0. The molecule has 1 aromatic heterocycles. The van der Waals surface area contributed by atoms with E-state index in [2.05, 4.69) is 4.74 Å². The molecule has 19 heteroatoms. The molecule has 1 saturated carbocycles. The first-order chi connectivity index (χ1) is 24.9. The lowest BCUT2D eigenvalue weighted by Crippen LogP contribution is -2.36. The number of anilines is 1. The Kier molecular flexibility index (Phi) is 14.5. The topological polar surface area (TPSA) is 168 Å². The van der Waals surface area contributed by atoms with Gasteiger partial charge in [-0.05, 0) is 75.4 Å². The number of carbonyl (C=O) groups excluding carboxylic acids is 3. The van der Waals surface area contributed by atoms with Crippen LogP contribution in [0.2, 0.25) is 10.0 Å². The highest BCUT2D eigenvalue weighted by Crippen LogP contribution is 2.38. The van der Waals surface area contributed by atoms with E-state index in [1.807, 2.05) is 0 Å². The molecule has 1 aliphatic rings. The van der Waals surface area contributed by atoms with Crippen LogP contribution in [-0.2, 0) is 36.8 Å². The molecule has 0 aliphatic heterocycles. The van der Waals surface area contributed by atoms with Crippen LogP contribution in [0.25, 0.3) is 0 Å². The highest BCUT2D eigenvalue weighted by Gasteiger charge is 2.28. The molecule has 0 radical (unpaired) electrons. The number of rotatable bonds is 17. The third kappa shape index (κ3) is 12.6. The van der Waals surface area contributed by atoms with Gasteiger partial charge in [0.05, 0.1) is 25.2 Å². The molecule has 0 N–H and O–H groups in total. The van der Waals surface area contributed by atoms with Crippen molar-refractivity contribution in [2.24, 2.45) is 5.92 Å². The fourth-order valence-electron chi connectivity index (χ4n) is 4.78. The van der Waals surface area contributed by atoms with E-state index in [9.17, 15) is 37.1 Å². The number of alkyl halides is 2. The molecule has 2 atom stereocenters. The van der Waals surface area contributed by atoms with Crippen molar-refractivity contribution in [3.05, 3.63) is 80.7 Å². The number of aromatic nitrogens is 1. The van der Waals surface area contributed by atoms with Crippen LogP contribution in [0.1, 0.15) is 61.2 Å². The van der Waals surface area contributed by atoms with Gasteiger partial charge in [0.1, 0.15) is 34.0 Å². The van der Waals surface area contributed by atoms with Gasteiger partial charge in [-0.1, -0.05) is 41.0 Å². The van der Waals surface area contributed by atoms with Crippen molar-refractivity contribution in [2.45, 2.75) is 58.4 Å². The Morgan fingerprint density at radius 1 is 1.04 bits per heavy atom. The van der Waals surface area contributed by atoms with Crippen LogP contribution in [0.3, 0.4) is 0 Å². The van der Waals surface area contributed by atoms with Crippen molar-refractivity contribution in [3.63, 3.8) is 0 Å². The van der Waals surface area contributed by atoms with Crippen LogP contribution in [0.4, 0.5) is 14.5 Å². The predicted molar refractivity (Wildman–Crippen MR) is 191 cm³/mol. The van der Waals surface area contributed by atoms with E-state index in [1.165, 1.54) is 43.5 Å². The second kappa shape index (κ2) is 18.4. The lowest BCUT2D eigenvalue weighted by molar-refractivity contribution is -0.605. The predicted octanol–water partition coefficient (Wildman–Crippen LogP) is 6.37. The largest absolute Gasteiger partial charge is 0.755 e. The van der Waals surface area contributed by atoms with Crippen molar-refractivity contribution in [3.8, 4) is 17.2 Å². The summed E-state index contributed by atoms with van der Waals surface area (Å²) >= 11 is 10.2. The molecule has 4 rings (SSSR count). The average Bonchev–Trinajstić information content (AvgIpc) is 3.90. The maximum atomic E-state index is 13.3. The smallest absolute Gasteiger partial charge is 0.387 e. The van der Waals surface area contributed by atoms with Crippen LogP contribution in [0.5, 0.6) is 17.2 Å².